The molecule has 7 heteroatoms. The van der Waals surface area contributed by atoms with E-state index >= 15 is 0 Å². The van der Waals surface area contributed by atoms with Crippen LogP contribution in [0.3, 0.4) is 0 Å². The molecule has 0 bridgehead atoms. The number of halogens is 3. The lowest BCUT2D eigenvalue weighted by molar-refractivity contribution is -0.151. The van der Waals surface area contributed by atoms with Gasteiger partial charge in [0.05, 0.1) is 17.9 Å². The number of esters is 1. The van der Waals surface area contributed by atoms with Crippen molar-refractivity contribution in [3.05, 3.63) is 77.5 Å². The Hall–Kier alpha value is -3.09. The molecule has 0 radical (unpaired) electrons. The number of benzene rings is 2. The molecule has 0 fully saturated rings. The molecule has 1 N–H and O–H groups in total. The van der Waals surface area contributed by atoms with Crippen molar-refractivity contribution in [3.8, 4) is 0 Å². The highest BCUT2D eigenvalue weighted by atomic mass is 19.4. The molecule has 0 amide bonds. The van der Waals surface area contributed by atoms with Crippen molar-refractivity contribution in [2.45, 2.75) is 25.4 Å². The van der Waals surface area contributed by atoms with E-state index in [1.165, 1.54) is 24.3 Å². The van der Waals surface area contributed by atoms with E-state index in [4.69, 9.17) is 4.74 Å². The number of anilines is 1. The first kappa shape index (κ1) is 20.6. The molecular formula is C22H20F3NO3. The first-order valence-corrected chi connectivity index (χ1v) is 9.20. The molecule has 29 heavy (non-hydrogen) atoms. The van der Waals surface area contributed by atoms with Crippen molar-refractivity contribution in [2.75, 3.05) is 11.9 Å². The number of carbonyl (C=O) groups excluding carboxylic acids is 2. The molecule has 2 aromatic rings. The van der Waals surface area contributed by atoms with E-state index in [2.05, 4.69) is 5.32 Å². The number of hydrogen-bond donors (Lipinski definition) is 1. The number of nitrogens with one attached hydrogen (secondary N) is 1. The maximum Gasteiger partial charge on any atom is 0.418 e. The summed E-state index contributed by atoms with van der Waals surface area (Å²) in [6.07, 6.45) is -3.13. The summed E-state index contributed by atoms with van der Waals surface area (Å²) in [5, 5.41) is 2.75. The van der Waals surface area contributed by atoms with Crippen LogP contribution in [0.25, 0.3) is 0 Å². The number of allylic oxidation sites excluding steroid dienone is 2. The Morgan fingerprint density at radius 2 is 1.76 bits per heavy atom. The van der Waals surface area contributed by atoms with Gasteiger partial charge in [0.15, 0.2) is 5.78 Å². The van der Waals surface area contributed by atoms with Crippen molar-refractivity contribution in [1.82, 2.24) is 0 Å². The molecule has 4 nitrogen and oxygen atoms in total. The first-order chi connectivity index (χ1) is 13.8. The summed E-state index contributed by atoms with van der Waals surface area (Å²) in [5.41, 5.74) is 0.106. The number of para-hydroxylation sites is 1. The average Bonchev–Trinajstić information content (AvgIpc) is 2.68. The molecule has 2 unspecified atom stereocenters. The Kier molecular flexibility index (Phi) is 6.06. The average molecular weight is 403 g/mol. The first-order valence-electron chi connectivity index (χ1n) is 9.20. The fourth-order valence-electron chi connectivity index (χ4n) is 3.50. The lowest BCUT2D eigenvalue weighted by Crippen LogP contribution is -2.35. The predicted molar refractivity (Wildman–Crippen MR) is 102 cm³/mol. The van der Waals surface area contributed by atoms with Gasteiger partial charge in [-0.15, -0.1) is 0 Å². The molecule has 0 heterocycles. The summed E-state index contributed by atoms with van der Waals surface area (Å²) >= 11 is 0. The highest BCUT2D eigenvalue weighted by Crippen LogP contribution is 2.39. The molecule has 0 saturated heterocycles. The van der Waals surface area contributed by atoms with Crippen LogP contribution in [0.1, 0.15) is 30.4 Å². The van der Waals surface area contributed by atoms with Crippen LogP contribution in [0, 0.1) is 5.92 Å². The summed E-state index contributed by atoms with van der Waals surface area (Å²) in [5.74, 6) is -2.68. The lowest BCUT2D eigenvalue weighted by Gasteiger charge is -2.30. The summed E-state index contributed by atoms with van der Waals surface area (Å²) in [6, 6.07) is 14.0. The molecule has 2 aromatic carbocycles. The van der Waals surface area contributed by atoms with Crippen LogP contribution in [0.15, 0.2) is 66.4 Å². The fourth-order valence-corrected chi connectivity index (χ4v) is 3.50. The zero-order chi connectivity index (χ0) is 21.0. The Labute approximate surface area is 166 Å². The van der Waals surface area contributed by atoms with Crippen LogP contribution in [0.4, 0.5) is 18.9 Å². The Morgan fingerprint density at radius 1 is 1.10 bits per heavy atom. The molecule has 3 rings (SSSR count). The van der Waals surface area contributed by atoms with Gasteiger partial charge in [-0.1, -0.05) is 42.5 Å². The number of hydrogen-bond acceptors (Lipinski definition) is 4. The standard InChI is InChI=1S/C22H20F3NO3/c1-2-29-21(28)20-16(14-8-4-3-5-9-14)12-15(13-19(20)27)26-18-11-7-6-10-17(18)22(23,24)25/h3-11,13,16,20,26H,2,12H2,1H3. The maximum absolute atomic E-state index is 13.3. The molecule has 0 spiro atoms. The number of rotatable bonds is 5. The lowest BCUT2D eigenvalue weighted by atomic mass is 9.76. The molecule has 0 aromatic heterocycles. The number of ketones is 1. The summed E-state index contributed by atoms with van der Waals surface area (Å²) in [7, 11) is 0. The van der Waals surface area contributed by atoms with E-state index in [1.807, 2.05) is 6.07 Å². The van der Waals surface area contributed by atoms with E-state index in [0.717, 1.165) is 11.6 Å². The van der Waals surface area contributed by atoms with Gasteiger partial charge in [-0.3, -0.25) is 9.59 Å². The van der Waals surface area contributed by atoms with E-state index in [1.54, 1.807) is 31.2 Å². The maximum atomic E-state index is 13.3. The summed E-state index contributed by atoms with van der Waals surface area (Å²) in [4.78, 5) is 25.1. The second kappa shape index (κ2) is 8.51. The summed E-state index contributed by atoms with van der Waals surface area (Å²) < 4.78 is 44.9. The van der Waals surface area contributed by atoms with Gasteiger partial charge in [-0.25, -0.2) is 0 Å². The Balaban J connectivity index is 1.95. The van der Waals surface area contributed by atoms with Gasteiger partial charge in [0.1, 0.15) is 5.92 Å². The van der Waals surface area contributed by atoms with Crippen LogP contribution >= 0.6 is 0 Å². The largest absolute Gasteiger partial charge is 0.465 e. The minimum absolute atomic E-state index is 0.137. The number of alkyl halides is 3. The molecule has 0 saturated carbocycles. The van der Waals surface area contributed by atoms with Crippen LogP contribution in [-0.4, -0.2) is 18.4 Å². The smallest absolute Gasteiger partial charge is 0.418 e. The highest BCUT2D eigenvalue weighted by Gasteiger charge is 2.40. The van der Waals surface area contributed by atoms with E-state index in [9.17, 15) is 22.8 Å². The number of ether oxygens (including phenoxy) is 1. The topological polar surface area (TPSA) is 55.4 Å². The van der Waals surface area contributed by atoms with Crippen molar-refractivity contribution in [2.24, 2.45) is 5.92 Å². The van der Waals surface area contributed by atoms with Crippen LogP contribution in [0.2, 0.25) is 0 Å². The fraction of sp³-hybridized carbons (Fsp3) is 0.273. The van der Waals surface area contributed by atoms with Gasteiger partial charge in [-0.05, 0) is 31.0 Å². The van der Waals surface area contributed by atoms with Crippen LogP contribution in [0.5, 0.6) is 0 Å². The van der Waals surface area contributed by atoms with Gasteiger partial charge in [-0.2, -0.15) is 13.2 Å². The van der Waals surface area contributed by atoms with Gasteiger partial charge >= 0.3 is 12.1 Å². The Morgan fingerprint density at radius 3 is 2.41 bits per heavy atom. The predicted octanol–water partition coefficient (Wildman–Crippen LogP) is 4.94. The van der Waals surface area contributed by atoms with Crippen molar-refractivity contribution < 1.29 is 27.5 Å². The molecule has 2 atom stereocenters. The molecular weight excluding hydrogens is 383 g/mol. The third kappa shape index (κ3) is 4.67. The summed E-state index contributed by atoms with van der Waals surface area (Å²) in [6.45, 7) is 1.79. The minimum atomic E-state index is -4.53. The Bertz CT molecular complexity index is 922. The van der Waals surface area contributed by atoms with E-state index in [-0.39, 0.29) is 18.7 Å². The molecule has 1 aliphatic carbocycles. The van der Waals surface area contributed by atoms with E-state index < -0.39 is 35.3 Å². The second-order valence-corrected chi connectivity index (χ2v) is 6.69. The quantitative estimate of drug-likeness (QED) is 0.568. The van der Waals surface area contributed by atoms with Crippen LogP contribution < -0.4 is 5.32 Å². The minimum Gasteiger partial charge on any atom is -0.465 e. The normalized spacial score (nSPS) is 19.4. The zero-order valence-electron chi connectivity index (χ0n) is 15.7. The third-order valence-corrected chi connectivity index (χ3v) is 4.76. The van der Waals surface area contributed by atoms with Gasteiger partial charge in [0.25, 0.3) is 0 Å². The SMILES string of the molecule is CCOC(=O)C1C(=O)C=C(Nc2ccccc2C(F)(F)F)CC1c1ccccc1. The number of carbonyl (C=O) groups is 2. The molecule has 0 aliphatic heterocycles. The van der Waals surface area contributed by atoms with Gasteiger partial charge in [0, 0.05) is 17.7 Å². The van der Waals surface area contributed by atoms with Crippen LogP contribution in [-0.2, 0) is 20.5 Å². The van der Waals surface area contributed by atoms with E-state index in [0.29, 0.717) is 5.70 Å². The van der Waals surface area contributed by atoms with Gasteiger partial charge < -0.3 is 10.1 Å². The van der Waals surface area contributed by atoms with Crippen molar-refractivity contribution in [1.29, 1.82) is 0 Å². The van der Waals surface area contributed by atoms with Crippen molar-refractivity contribution in [3.63, 3.8) is 0 Å². The third-order valence-electron chi connectivity index (χ3n) is 4.76. The second-order valence-electron chi connectivity index (χ2n) is 6.69. The van der Waals surface area contributed by atoms with Crippen molar-refractivity contribution >= 4 is 17.4 Å². The molecule has 1 aliphatic rings. The molecule has 152 valence electrons. The monoisotopic (exact) mass is 403 g/mol. The van der Waals surface area contributed by atoms with Gasteiger partial charge in [0.2, 0.25) is 0 Å². The zero-order valence-corrected chi connectivity index (χ0v) is 15.7. The highest BCUT2D eigenvalue weighted by molar-refractivity contribution is 6.07.